The predicted octanol–water partition coefficient (Wildman–Crippen LogP) is 2.79. The van der Waals surface area contributed by atoms with Crippen LogP contribution in [0.2, 0.25) is 5.02 Å². The third-order valence-corrected chi connectivity index (χ3v) is 4.17. The predicted molar refractivity (Wildman–Crippen MR) is 99.2 cm³/mol. The van der Waals surface area contributed by atoms with Gasteiger partial charge in [0.05, 0.1) is 18.2 Å². The van der Waals surface area contributed by atoms with Crippen molar-refractivity contribution in [3.05, 3.63) is 69.4 Å². The van der Waals surface area contributed by atoms with Gasteiger partial charge in [-0.05, 0) is 36.8 Å². The molecule has 0 atom stereocenters. The second-order valence-electron chi connectivity index (χ2n) is 5.80. The number of amidine groups is 1. The molecule has 0 amide bonds. The standard InChI is InChI=1S/C18H16ClN5O2/c1-11-4-5-24(10-16-22-21-12(2)23(16)3)18(25)17(11)26-15-7-13(9-20)6-14(19)8-15/h4-8,21H,2,10H2,1,3H3. The first-order valence-corrected chi connectivity index (χ1v) is 8.10. The third-order valence-electron chi connectivity index (χ3n) is 3.96. The second-order valence-corrected chi connectivity index (χ2v) is 6.23. The summed E-state index contributed by atoms with van der Waals surface area (Å²) in [5.74, 6) is 1.80. The quantitative estimate of drug-likeness (QED) is 0.896. The topological polar surface area (TPSA) is 82.6 Å². The van der Waals surface area contributed by atoms with Crippen molar-refractivity contribution in [1.29, 1.82) is 5.26 Å². The maximum absolute atomic E-state index is 12.8. The fraction of sp³-hybridized carbons (Fsp3) is 0.167. The van der Waals surface area contributed by atoms with Gasteiger partial charge in [0.25, 0.3) is 5.56 Å². The van der Waals surface area contributed by atoms with Crippen LogP contribution < -0.4 is 15.7 Å². The monoisotopic (exact) mass is 369 g/mol. The zero-order valence-electron chi connectivity index (χ0n) is 14.3. The minimum Gasteiger partial charge on any atom is -0.451 e. The Morgan fingerprint density at radius 3 is 2.85 bits per heavy atom. The number of nitrogens with zero attached hydrogens (tertiary/aromatic N) is 4. The number of ether oxygens (including phenoxy) is 1. The SMILES string of the molecule is C=C1NN=C(Cn2ccc(C)c(Oc3cc(Cl)cc(C#N)c3)c2=O)N1C. The third kappa shape index (κ3) is 3.41. The zero-order valence-corrected chi connectivity index (χ0v) is 15.0. The molecule has 0 saturated heterocycles. The number of nitrogens with one attached hydrogen (secondary N) is 1. The first-order chi connectivity index (χ1) is 12.4. The molecule has 0 aliphatic carbocycles. The Morgan fingerprint density at radius 2 is 2.19 bits per heavy atom. The van der Waals surface area contributed by atoms with E-state index < -0.39 is 0 Å². The highest BCUT2D eigenvalue weighted by molar-refractivity contribution is 6.30. The van der Waals surface area contributed by atoms with Gasteiger partial charge >= 0.3 is 0 Å². The molecule has 8 heteroatoms. The van der Waals surface area contributed by atoms with Crippen LogP contribution >= 0.6 is 11.6 Å². The van der Waals surface area contributed by atoms with E-state index >= 15 is 0 Å². The van der Waals surface area contributed by atoms with Crippen LogP contribution in [0.25, 0.3) is 0 Å². The van der Waals surface area contributed by atoms with E-state index in [1.165, 1.54) is 16.7 Å². The molecule has 132 valence electrons. The molecule has 0 fully saturated rings. The van der Waals surface area contributed by atoms with Crippen LogP contribution in [0.3, 0.4) is 0 Å². The van der Waals surface area contributed by atoms with E-state index in [9.17, 15) is 4.79 Å². The van der Waals surface area contributed by atoms with Crippen LogP contribution in [0.1, 0.15) is 11.1 Å². The first-order valence-electron chi connectivity index (χ1n) is 7.73. The van der Waals surface area contributed by atoms with E-state index in [1.54, 1.807) is 30.2 Å². The van der Waals surface area contributed by atoms with E-state index in [4.69, 9.17) is 21.6 Å². The van der Waals surface area contributed by atoms with Crippen LogP contribution in [-0.4, -0.2) is 22.4 Å². The van der Waals surface area contributed by atoms with Gasteiger partial charge in [0.2, 0.25) is 0 Å². The number of nitriles is 1. The van der Waals surface area contributed by atoms with Gasteiger partial charge in [-0.1, -0.05) is 18.2 Å². The molecular weight excluding hydrogens is 354 g/mol. The summed E-state index contributed by atoms with van der Waals surface area (Å²) in [5.41, 5.74) is 3.49. The van der Waals surface area contributed by atoms with Crippen molar-refractivity contribution in [3.8, 4) is 17.6 Å². The Balaban J connectivity index is 1.94. The number of likely N-dealkylation sites (N-methyl/N-ethyl adjacent to an activating group) is 1. The normalized spacial score (nSPS) is 13.2. The summed E-state index contributed by atoms with van der Waals surface area (Å²) in [6.07, 6.45) is 1.68. The van der Waals surface area contributed by atoms with Crippen molar-refractivity contribution in [2.24, 2.45) is 5.10 Å². The molecule has 1 aliphatic heterocycles. The molecule has 0 unspecified atom stereocenters. The summed E-state index contributed by atoms with van der Waals surface area (Å²) >= 11 is 6.00. The minimum absolute atomic E-state index is 0.173. The molecule has 1 aromatic heterocycles. The molecule has 3 rings (SSSR count). The lowest BCUT2D eigenvalue weighted by atomic mass is 10.2. The zero-order chi connectivity index (χ0) is 18.8. The number of pyridine rings is 1. The number of benzene rings is 1. The van der Waals surface area contributed by atoms with Crippen molar-refractivity contribution >= 4 is 17.4 Å². The van der Waals surface area contributed by atoms with Crippen LogP contribution in [0.4, 0.5) is 0 Å². The summed E-state index contributed by atoms with van der Waals surface area (Å²) in [4.78, 5) is 14.6. The fourth-order valence-corrected chi connectivity index (χ4v) is 2.65. The van der Waals surface area contributed by atoms with Gasteiger partial charge < -0.3 is 14.2 Å². The fourth-order valence-electron chi connectivity index (χ4n) is 2.43. The highest BCUT2D eigenvalue weighted by Gasteiger charge is 2.19. The Labute approximate surface area is 155 Å². The average molecular weight is 370 g/mol. The van der Waals surface area contributed by atoms with Gasteiger partial charge in [-0.3, -0.25) is 10.2 Å². The van der Waals surface area contributed by atoms with Gasteiger partial charge in [-0.25, -0.2) is 0 Å². The number of aromatic nitrogens is 1. The second kappa shape index (κ2) is 6.94. The highest BCUT2D eigenvalue weighted by Crippen LogP contribution is 2.26. The Morgan fingerprint density at radius 1 is 1.42 bits per heavy atom. The van der Waals surface area contributed by atoms with Crippen LogP contribution in [0.5, 0.6) is 11.5 Å². The maximum atomic E-state index is 12.8. The summed E-state index contributed by atoms with van der Waals surface area (Å²) in [7, 11) is 1.81. The Hall–Kier alpha value is -3.24. The van der Waals surface area contributed by atoms with Gasteiger partial charge in [0.15, 0.2) is 11.6 Å². The Bertz CT molecular complexity index is 1020. The molecular formula is C18H16ClN5O2. The number of halogens is 1. The van der Waals surface area contributed by atoms with E-state index in [0.717, 1.165) is 0 Å². The first kappa shape index (κ1) is 17.6. The van der Waals surface area contributed by atoms with Gasteiger partial charge in [-0.15, -0.1) is 0 Å². The van der Waals surface area contributed by atoms with Crippen molar-refractivity contribution in [2.45, 2.75) is 13.5 Å². The summed E-state index contributed by atoms with van der Waals surface area (Å²) in [5, 5.41) is 13.6. The van der Waals surface area contributed by atoms with E-state index in [1.807, 2.05) is 13.1 Å². The molecule has 26 heavy (non-hydrogen) atoms. The average Bonchev–Trinajstić information content (AvgIpc) is 2.92. The summed E-state index contributed by atoms with van der Waals surface area (Å²) in [6.45, 7) is 5.85. The lowest BCUT2D eigenvalue weighted by Crippen LogP contribution is -2.31. The molecule has 1 aromatic carbocycles. The molecule has 1 N–H and O–H groups in total. The molecule has 2 aromatic rings. The Kier molecular flexibility index (Phi) is 4.69. The van der Waals surface area contributed by atoms with Gasteiger partial charge in [-0.2, -0.15) is 10.4 Å². The number of rotatable bonds is 4. The van der Waals surface area contributed by atoms with Crippen molar-refractivity contribution in [2.75, 3.05) is 7.05 Å². The highest BCUT2D eigenvalue weighted by atomic mass is 35.5. The van der Waals surface area contributed by atoms with E-state index in [0.29, 0.717) is 33.6 Å². The van der Waals surface area contributed by atoms with Gasteiger partial charge in [0, 0.05) is 18.3 Å². The number of hydrogen-bond acceptors (Lipinski definition) is 6. The molecule has 0 spiro atoms. The maximum Gasteiger partial charge on any atom is 0.294 e. The van der Waals surface area contributed by atoms with Crippen molar-refractivity contribution in [3.63, 3.8) is 0 Å². The van der Waals surface area contributed by atoms with Crippen molar-refractivity contribution < 1.29 is 4.74 Å². The molecule has 0 bridgehead atoms. The molecule has 7 nitrogen and oxygen atoms in total. The minimum atomic E-state index is -0.308. The van der Waals surface area contributed by atoms with Crippen LogP contribution in [-0.2, 0) is 6.54 Å². The van der Waals surface area contributed by atoms with Crippen LogP contribution in [0, 0.1) is 18.3 Å². The van der Waals surface area contributed by atoms with E-state index in [-0.39, 0.29) is 17.9 Å². The molecule has 0 radical (unpaired) electrons. The molecule has 2 heterocycles. The number of aryl methyl sites for hydroxylation is 1. The molecule has 0 saturated carbocycles. The smallest absolute Gasteiger partial charge is 0.294 e. The largest absolute Gasteiger partial charge is 0.451 e. The number of hydrazone groups is 1. The van der Waals surface area contributed by atoms with Crippen molar-refractivity contribution in [1.82, 2.24) is 14.9 Å². The lowest BCUT2D eigenvalue weighted by Gasteiger charge is -2.16. The lowest BCUT2D eigenvalue weighted by molar-refractivity contribution is 0.463. The van der Waals surface area contributed by atoms with Gasteiger partial charge in [0.1, 0.15) is 11.6 Å². The molecule has 1 aliphatic rings. The number of hydrogen-bond donors (Lipinski definition) is 1. The van der Waals surface area contributed by atoms with Crippen LogP contribution in [0.15, 0.2) is 52.8 Å². The summed E-state index contributed by atoms with van der Waals surface area (Å²) < 4.78 is 7.25. The summed E-state index contributed by atoms with van der Waals surface area (Å²) in [6, 6.07) is 8.41. The van der Waals surface area contributed by atoms with E-state index in [2.05, 4.69) is 17.1 Å².